The van der Waals surface area contributed by atoms with Crippen molar-refractivity contribution in [2.75, 3.05) is 13.2 Å². The fourth-order valence-corrected chi connectivity index (χ4v) is 4.07. The van der Waals surface area contributed by atoms with Crippen LogP contribution in [0.1, 0.15) is 19.4 Å². The normalized spacial score (nSPS) is 16.9. The monoisotopic (exact) mass is 512 g/mol. The van der Waals surface area contributed by atoms with E-state index in [1.165, 1.54) is 16.8 Å². The maximum Gasteiger partial charge on any atom is 0.283 e. The van der Waals surface area contributed by atoms with Crippen LogP contribution in [-0.4, -0.2) is 40.2 Å². The molecule has 0 fully saturated rings. The minimum absolute atomic E-state index is 0.0357. The van der Waals surface area contributed by atoms with Gasteiger partial charge in [-0.05, 0) is 59.8 Å². The van der Waals surface area contributed by atoms with E-state index in [9.17, 15) is 4.79 Å². The summed E-state index contributed by atoms with van der Waals surface area (Å²) in [5.41, 5.74) is 0.981. The Labute approximate surface area is 198 Å². The van der Waals surface area contributed by atoms with Gasteiger partial charge in [-0.2, -0.15) is 15.1 Å². The lowest BCUT2D eigenvalue weighted by molar-refractivity contribution is -0.114. The molecule has 1 amide bonds. The number of amides is 1. The van der Waals surface area contributed by atoms with Crippen molar-refractivity contribution >= 4 is 55.7 Å². The largest absolute Gasteiger partial charge is 0.490 e. The molecule has 2 aromatic rings. The van der Waals surface area contributed by atoms with Gasteiger partial charge in [-0.25, -0.2) is 0 Å². The molecular weight excluding hydrogens is 492 g/mol. The van der Waals surface area contributed by atoms with Crippen LogP contribution in [0, 0.1) is 11.3 Å². The molecule has 2 heterocycles. The lowest BCUT2D eigenvalue weighted by Crippen LogP contribution is -2.35. The summed E-state index contributed by atoms with van der Waals surface area (Å²) in [5, 5.41) is 15.6. The fourth-order valence-electron chi connectivity index (χ4n) is 2.92. The number of aliphatic imine (C=N–C) groups is 1. The molecule has 0 unspecified atom stereocenters. The molecule has 0 radical (unpaired) electrons. The topological polar surface area (TPSA) is 87.3 Å². The molecule has 164 valence electrons. The zero-order valence-electron chi connectivity index (χ0n) is 17.5. The highest BCUT2D eigenvalue weighted by atomic mass is 79.9. The van der Waals surface area contributed by atoms with E-state index in [1.807, 2.05) is 62.4 Å². The number of halogens is 1. The smallest absolute Gasteiger partial charge is 0.283 e. The first kappa shape index (κ1) is 22.3. The van der Waals surface area contributed by atoms with Crippen LogP contribution in [-0.2, 0) is 4.79 Å². The van der Waals surface area contributed by atoms with Crippen molar-refractivity contribution in [3.63, 3.8) is 0 Å². The molecule has 0 saturated heterocycles. The second kappa shape index (κ2) is 9.70. The molecule has 4 rings (SSSR count). The van der Waals surface area contributed by atoms with Gasteiger partial charge in [0.1, 0.15) is 29.8 Å². The Hall–Kier alpha value is -2.91. The third-order valence-electron chi connectivity index (χ3n) is 4.59. The number of thioether (sulfide) groups is 1. The highest BCUT2D eigenvalue weighted by Crippen LogP contribution is 2.30. The van der Waals surface area contributed by atoms with Crippen LogP contribution in [0.3, 0.4) is 0 Å². The Bertz CT molecular complexity index is 1120. The second-order valence-corrected chi connectivity index (χ2v) is 9.24. The Balaban J connectivity index is 1.36. The molecule has 2 aliphatic rings. The van der Waals surface area contributed by atoms with Gasteiger partial charge in [0.25, 0.3) is 5.91 Å². The summed E-state index contributed by atoms with van der Waals surface area (Å²) < 4.78 is 12.4. The Morgan fingerprint density at radius 2 is 1.66 bits per heavy atom. The molecule has 0 aromatic heterocycles. The lowest BCUT2D eigenvalue weighted by Gasteiger charge is -2.20. The van der Waals surface area contributed by atoms with Gasteiger partial charge in [0.05, 0.1) is 5.57 Å². The zero-order valence-corrected chi connectivity index (χ0v) is 19.9. The first-order valence-corrected chi connectivity index (χ1v) is 11.6. The number of benzene rings is 2. The molecule has 2 aliphatic heterocycles. The molecule has 32 heavy (non-hydrogen) atoms. The summed E-state index contributed by atoms with van der Waals surface area (Å²) in [6, 6.07) is 14.9. The van der Waals surface area contributed by atoms with Gasteiger partial charge in [-0.1, -0.05) is 41.9 Å². The Kier molecular flexibility index (Phi) is 6.76. The van der Waals surface area contributed by atoms with E-state index >= 15 is 0 Å². The van der Waals surface area contributed by atoms with Gasteiger partial charge < -0.3 is 9.47 Å². The number of nitrogens with zero attached hydrogens (tertiary/aromatic N) is 3. The van der Waals surface area contributed by atoms with Crippen LogP contribution < -0.4 is 9.47 Å². The molecule has 0 aliphatic carbocycles. The van der Waals surface area contributed by atoms with Gasteiger partial charge in [0.2, 0.25) is 5.17 Å². The summed E-state index contributed by atoms with van der Waals surface area (Å²) in [5.74, 6) is 1.29. The second-order valence-electron chi connectivity index (χ2n) is 7.33. The van der Waals surface area contributed by atoms with E-state index in [0.29, 0.717) is 24.1 Å². The zero-order chi connectivity index (χ0) is 22.7. The highest BCUT2D eigenvalue weighted by Gasteiger charge is 2.36. The summed E-state index contributed by atoms with van der Waals surface area (Å²) >= 11 is 4.73. The van der Waals surface area contributed by atoms with E-state index in [1.54, 1.807) is 6.08 Å². The van der Waals surface area contributed by atoms with Crippen molar-refractivity contribution in [2.24, 2.45) is 16.0 Å². The first-order valence-electron chi connectivity index (χ1n) is 10.0. The van der Waals surface area contributed by atoms with Crippen LogP contribution in [0.2, 0.25) is 0 Å². The Morgan fingerprint density at radius 1 is 1.06 bits per heavy atom. The molecule has 0 spiro atoms. The van der Waals surface area contributed by atoms with Crippen molar-refractivity contribution < 1.29 is 14.3 Å². The predicted octanol–water partition coefficient (Wildman–Crippen LogP) is 5.18. The molecule has 0 saturated carbocycles. The molecular formula is C23H21BrN4O3S. The lowest BCUT2D eigenvalue weighted by atomic mass is 10.1. The van der Waals surface area contributed by atoms with Crippen molar-refractivity contribution in [3.05, 3.63) is 64.1 Å². The molecule has 0 bridgehead atoms. The summed E-state index contributed by atoms with van der Waals surface area (Å²) in [7, 11) is 0. The van der Waals surface area contributed by atoms with Crippen LogP contribution in [0.4, 0.5) is 0 Å². The third kappa shape index (κ3) is 5.11. The van der Waals surface area contributed by atoms with Gasteiger partial charge in [0.15, 0.2) is 5.84 Å². The SMILES string of the molecule is CC(C)C1=NN2C(=N)C(=Cc3ccc(OCCOc4ccc(Br)cc4)cc3)C(=O)N=C2S1. The molecule has 0 atom stereocenters. The van der Waals surface area contributed by atoms with Crippen LogP contribution >= 0.6 is 27.7 Å². The average molecular weight is 513 g/mol. The minimum atomic E-state index is -0.431. The Morgan fingerprint density at radius 3 is 2.25 bits per heavy atom. The minimum Gasteiger partial charge on any atom is -0.490 e. The average Bonchev–Trinajstić information content (AvgIpc) is 3.21. The molecule has 2 aromatic carbocycles. The van der Waals surface area contributed by atoms with Gasteiger partial charge in [0, 0.05) is 10.4 Å². The number of rotatable bonds is 7. The predicted molar refractivity (Wildman–Crippen MR) is 131 cm³/mol. The van der Waals surface area contributed by atoms with Gasteiger partial charge >= 0.3 is 0 Å². The van der Waals surface area contributed by atoms with E-state index in [0.717, 1.165) is 20.8 Å². The maximum absolute atomic E-state index is 12.5. The number of hydrogen-bond acceptors (Lipinski definition) is 6. The van der Waals surface area contributed by atoms with E-state index in [2.05, 4.69) is 26.0 Å². The quantitative estimate of drug-likeness (QED) is 0.407. The van der Waals surface area contributed by atoms with E-state index < -0.39 is 5.91 Å². The molecule has 7 nitrogen and oxygen atoms in total. The van der Waals surface area contributed by atoms with Crippen LogP contribution in [0.15, 0.2) is 68.7 Å². The van der Waals surface area contributed by atoms with Crippen molar-refractivity contribution in [3.8, 4) is 11.5 Å². The number of carbonyl (C=O) groups is 1. The van der Waals surface area contributed by atoms with Crippen molar-refractivity contribution in [2.45, 2.75) is 13.8 Å². The van der Waals surface area contributed by atoms with Crippen LogP contribution in [0.5, 0.6) is 11.5 Å². The number of hydrogen-bond donors (Lipinski definition) is 1. The highest BCUT2D eigenvalue weighted by molar-refractivity contribution is 9.10. The number of hydrazone groups is 1. The maximum atomic E-state index is 12.5. The van der Waals surface area contributed by atoms with Crippen LogP contribution in [0.25, 0.3) is 6.08 Å². The number of ether oxygens (including phenoxy) is 2. The first-order chi connectivity index (χ1) is 15.4. The number of fused-ring (bicyclic) bond motifs is 1. The summed E-state index contributed by atoms with van der Waals surface area (Å²) in [4.78, 5) is 16.6. The standard InChI is InChI=1S/C23H21BrN4O3S/c1-14(2)22-27-28-20(25)19(21(29)26-23(28)32-22)13-15-3-7-17(8-4-15)30-11-12-31-18-9-5-16(24)6-10-18/h3-10,13-14,25H,11-12H2,1-2H3. The van der Waals surface area contributed by atoms with E-state index in [-0.39, 0.29) is 17.3 Å². The van der Waals surface area contributed by atoms with Crippen molar-refractivity contribution in [1.29, 1.82) is 5.41 Å². The van der Waals surface area contributed by atoms with Crippen molar-refractivity contribution in [1.82, 2.24) is 5.01 Å². The number of amidine groups is 2. The summed E-state index contributed by atoms with van der Waals surface area (Å²) in [6.07, 6.45) is 1.65. The third-order valence-corrected chi connectivity index (χ3v) is 6.33. The summed E-state index contributed by atoms with van der Waals surface area (Å²) in [6.45, 7) is 4.86. The number of carbonyl (C=O) groups excluding carboxylic acids is 1. The number of nitrogens with one attached hydrogen (secondary N) is 1. The molecule has 9 heteroatoms. The molecule has 1 N–H and O–H groups in total. The van der Waals surface area contributed by atoms with E-state index in [4.69, 9.17) is 14.9 Å². The fraction of sp³-hybridized carbons (Fsp3) is 0.217. The van der Waals surface area contributed by atoms with Gasteiger partial charge in [-0.15, -0.1) is 0 Å². The van der Waals surface area contributed by atoms with Gasteiger partial charge in [-0.3, -0.25) is 10.2 Å².